The summed E-state index contributed by atoms with van der Waals surface area (Å²) in [6.07, 6.45) is 3.48. The van der Waals surface area contributed by atoms with Crippen molar-refractivity contribution in [2.45, 2.75) is 46.1 Å². The fourth-order valence-electron chi connectivity index (χ4n) is 1.98. The molecule has 1 aromatic rings. The Balaban J connectivity index is 2.59. The van der Waals surface area contributed by atoms with Gasteiger partial charge in [0, 0.05) is 6.04 Å². The van der Waals surface area contributed by atoms with Crippen molar-refractivity contribution in [3.8, 4) is 5.75 Å². The highest BCUT2D eigenvalue weighted by Crippen LogP contribution is 2.25. The molecule has 1 unspecified atom stereocenters. The molecule has 2 N–H and O–H groups in total. The maximum absolute atomic E-state index is 6.20. The van der Waals surface area contributed by atoms with Gasteiger partial charge >= 0.3 is 0 Å². The Bertz CT molecular complexity index is 347. The highest BCUT2D eigenvalue weighted by atomic mass is 16.5. The summed E-state index contributed by atoms with van der Waals surface area (Å²) >= 11 is 0. The molecule has 1 aromatic carbocycles. The molecule has 0 saturated heterocycles. The van der Waals surface area contributed by atoms with Crippen LogP contribution in [-0.4, -0.2) is 7.11 Å². The van der Waals surface area contributed by atoms with Gasteiger partial charge in [-0.2, -0.15) is 0 Å². The van der Waals surface area contributed by atoms with Crippen molar-refractivity contribution in [2.75, 3.05) is 7.11 Å². The standard InChI is InChI=1S/C15H25NO/c1-11(2)6-5-7-14(16)13-9-8-12(3)15(10-13)17-4/h8-11,14H,5-7,16H2,1-4H3. The quantitative estimate of drug-likeness (QED) is 0.813. The largest absolute Gasteiger partial charge is 0.496 e. The summed E-state index contributed by atoms with van der Waals surface area (Å²) < 4.78 is 5.32. The summed E-state index contributed by atoms with van der Waals surface area (Å²) in [7, 11) is 1.70. The van der Waals surface area contributed by atoms with E-state index in [1.165, 1.54) is 18.4 Å². The second-order valence-electron chi connectivity index (χ2n) is 5.16. The van der Waals surface area contributed by atoms with Crippen LogP contribution < -0.4 is 10.5 Å². The predicted molar refractivity (Wildman–Crippen MR) is 73.3 cm³/mol. The van der Waals surface area contributed by atoms with Crippen LogP contribution in [-0.2, 0) is 0 Å². The van der Waals surface area contributed by atoms with Crippen LogP contribution in [0.25, 0.3) is 0 Å². The minimum absolute atomic E-state index is 0.128. The molecule has 2 nitrogen and oxygen atoms in total. The molecule has 2 heteroatoms. The number of nitrogens with two attached hydrogens (primary N) is 1. The summed E-state index contributed by atoms with van der Waals surface area (Å²) in [4.78, 5) is 0. The first-order valence-electron chi connectivity index (χ1n) is 6.44. The first-order valence-corrected chi connectivity index (χ1v) is 6.44. The minimum Gasteiger partial charge on any atom is -0.496 e. The number of rotatable bonds is 6. The lowest BCUT2D eigenvalue weighted by atomic mass is 9.98. The number of ether oxygens (including phenoxy) is 1. The van der Waals surface area contributed by atoms with Crippen molar-refractivity contribution in [3.05, 3.63) is 29.3 Å². The monoisotopic (exact) mass is 235 g/mol. The normalized spacial score (nSPS) is 12.8. The van der Waals surface area contributed by atoms with E-state index >= 15 is 0 Å². The van der Waals surface area contributed by atoms with Crippen molar-refractivity contribution in [1.29, 1.82) is 0 Å². The summed E-state index contributed by atoms with van der Waals surface area (Å²) in [6.45, 7) is 6.55. The maximum Gasteiger partial charge on any atom is 0.122 e. The number of hydrogen-bond donors (Lipinski definition) is 1. The van der Waals surface area contributed by atoms with Crippen LogP contribution in [0.4, 0.5) is 0 Å². The summed E-state index contributed by atoms with van der Waals surface area (Å²) in [6, 6.07) is 6.38. The van der Waals surface area contributed by atoms with Gasteiger partial charge in [-0.25, -0.2) is 0 Å². The second kappa shape index (κ2) is 6.65. The number of benzene rings is 1. The third kappa shape index (κ3) is 4.39. The van der Waals surface area contributed by atoms with Gasteiger partial charge < -0.3 is 10.5 Å². The van der Waals surface area contributed by atoms with Gasteiger partial charge in [0.25, 0.3) is 0 Å². The summed E-state index contributed by atoms with van der Waals surface area (Å²) in [5, 5.41) is 0. The lowest BCUT2D eigenvalue weighted by Gasteiger charge is -2.15. The first kappa shape index (κ1) is 14.0. The summed E-state index contributed by atoms with van der Waals surface area (Å²) in [5.41, 5.74) is 8.53. The van der Waals surface area contributed by atoms with Crippen molar-refractivity contribution in [3.63, 3.8) is 0 Å². The molecule has 0 bridgehead atoms. The molecule has 0 aromatic heterocycles. The average molecular weight is 235 g/mol. The molecular formula is C15H25NO. The van der Waals surface area contributed by atoms with Gasteiger partial charge in [-0.3, -0.25) is 0 Å². The fourth-order valence-corrected chi connectivity index (χ4v) is 1.98. The smallest absolute Gasteiger partial charge is 0.122 e. The zero-order valence-electron chi connectivity index (χ0n) is 11.5. The molecule has 0 spiro atoms. The van der Waals surface area contributed by atoms with Crippen molar-refractivity contribution < 1.29 is 4.74 Å². The van der Waals surface area contributed by atoms with Crippen LogP contribution in [0.1, 0.15) is 50.3 Å². The second-order valence-corrected chi connectivity index (χ2v) is 5.16. The van der Waals surface area contributed by atoms with E-state index in [2.05, 4.69) is 32.0 Å². The van der Waals surface area contributed by atoms with Gasteiger partial charge in [0.1, 0.15) is 5.75 Å². The SMILES string of the molecule is COc1cc(C(N)CCCC(C)C)ccc1C. The van der Waals surface area contributed by atoms with E-state index in [4.69, 9.17) is 10.5 Å². The molecular weight excluding hydrogens is 210 g/mol. The van der Waals surface area contributed by atoms with E-state index in [1.807, 2.05) is 6.92 Å². The number of aryl methyl sites for hydroxylation is 1. The average Bonchev–Trinajstić information content (AvgIpc) is 2.29. The molecule has 0 radical (unpaired) electrons. The Morgan fingerprint density at radius 1 is 1.24 bits per heavy atom. The Morgan fingerprint density at radius 3 is 2.53 bits per heavy atom. The van der Waals surface area contributed by atoms with Gasteiger partial charge in [-0.05, 0) is 36.5 Å². The van der Waals surface area contributed by atoms with Gasteiger partial charge in [0.15, 0.2) is 0 Å². The van der Waals surface area contributed by atoms with Crippen LogP contribution in [0.3, 0.4) is 0 Å². The molecule has 17 heavy (non-hydrogen) atoms. The van der Waals surface area contributed by atoms with Gasteiger partial charge in [-0.15, -0.1) is 0 Å². The van der Waals surface area contributed by atoms with Gasteiger partial charge in [0.05, 0.1) is 7.11 Å². The lowest BCUT2D eigenvalue weighted by Crippen LogP contribution is -2.10. The van der Waals surface area contributed by atoms with Crippen LogP contribution in [0.2, 0.25) is 0 Å². The molecule has 0 heterocycles. The molecule has 0 aliphatic carbocycles. The van der Waals surface area contributed by atoms with Crippen molar-refractivity contribution in [1.82, 2.24) is 0 Å². The number of hydrogen-bond acceptors (Lipinski definition) is 2. The molecule has 0 aliphatic heterocycles. The zero-order chi connectivity index (χ0) is 12.8. The predicted octanol–water partition coefficient (Wildman–Crippen LogP) is 3.83. The highest BCUT2D eigenvalue weighted by Gasteiger charge is 2.08. The topological polar surface area (TPSA) is 35.2 Å². The maximum atomic E-state index is 6.20. The number of methoxy groups -OCH3 is 1. The first-order chi connectivity index (χ1) is 8.04. The van der Waals surface area contributed by atoms with Crippen LogP contribution in [0.15, 0.2) is 18.2 Å². The molecule has 0 saturated carbocycles. The third-order valence-corrected chi connectivity index (χ3v) is 3.16. The fraction of sp³-hybridized carbons (Fsp3) is 0.600. The van der Waals surface area contributed by atoms with E-state index in [9.17, 15) is 0 Å². The van der Waals surface area contributed by atoms with E-state index < -0.39 is 0 Å². The van der Waals surface area contributed by atoms with E-state index in [0.29, 0.717) is 0 Å². The molecule has 1 rings (SSSR count). The summed E-state index contributed by atoms with van der Waals surface area (Å²) in [5.74, 6) is 1.69. The third-order valence-electron chi connectivity index (χ3n) is 3.16. The van der Waals surface area contributed by atoms with Crippen molar-refractivity contribution in [2.24, 2.45) is 11.7 Å². The van der Waals surface area contributed by atoms with Gasteiger partial charge in [-0.1, -0.05) is 38.8 Å². The zero-order valence-corrected chi connectivity index (χ0v) is 11.5. The van der Waals surface area contributed by atoms with Crippen LogP contribution in [0, 0.1) is 12.8 Å². The van der Waals surface area contributed by atoms with E-state index in [0.717, 1.165) is 23.7 Å². The lowest BCUT2D eigenvalue weighted by molar-refractivity contribution is 0.410. The van der Waals surface area contributed by atoms with Crippen LogP contribution >= 0.6 is 0 Å². The van der Waals surface area contributed by atoms with Crippen molar-refractivity contribution >= 4 is 0 Å². The minimum atomic E-state index is 0.128. The van der Waals surface area contributed by atoms with E-state index in [-0.39, 0.29) is 6.04 Å². The molecule has 0 aliphatic rings. The Kier molecular flexibility index (Phi) is 5.49. The molecule has 96 valence electrons. The van der Waals surface area contributed by atoms with E-state index in [1.54, 1.807) is 7.11 Å². The Morgan fingerprint density at radius 2 is 1.94 bits per heavy atom. The Hall–Kier alpha value is -1.02. The highest BCUT2D eigenvalue weighted by molar-refractivity contribution is 5.37. The molecule has 0 amide bonds. The van der Waals surface area contributed by atoms with Crippen LogP contribution in [0.5, 0.6) is 5.75 Å². The Labute approximate surface area is 105 Å². The molecule has 0 fully saturated rings. The van der Waals surface area contributed by atoms with Gasteiger partial charge in [0.2, 0.25) is 0 Å². The molecule has 1 atom stereocenters.